The molecule has 0 aliphatic carbocycles. The van der Waals surface area contributed by atoms with Crippen molar-refractivity contribution >= 4 is 17.9 Å². The monoisotopic (exact) mass is 447 g/mol. The molecule has 0 unspecified atom stereocenters. The van der Waals surface area contributed by atoms with E-state index in [4.69, 9.17) is 0 Å². The minimum Gasteiger partial charge on any atom is -0.342 e. The van der Waals surface area contributed by atoms with E-state index in [1.165, 1.54) is 29.1 Å². The molecule has 4 rings (SSSR count). The Bertz CT molecular complexity index is 971. The van der Waals surface area contributed by atoms with Crippen molar-refractivity contribution in [3.05, 3.63) is 65.2 Å². The number of aromatic nitrogens is 2. The maximum atomic E-state index is 12.8. The van der Waals surface area contributed by atoms with Crippen LogP contribution in [0.1, 0.15) is 40.0 Å². The molecule has 7 nitrogen and oxygen atoms in total. The van der Waals surface area contributed by atoms with Gasteiger partial charge in [0.1, 0.15) is 5.69 Å². The van der Waals surface area contributed by atoms with E-state index in [0.717, 1.165) is 25.9 Å². The molecule has 0 saturated carbocycles. The quantitative estimate of drug-likeness (QED) is 0.705. The van der Waals surface area contributed by atoms with Gasteiger partial charge in [-0.05, 0) is 49.3 Å². The van der Waals surface area contributed by atoms with Crippen molar-refractivity contribution in [2.75, 3.05) is 45.8 Å². The normalized spacial score (nSPS) is 18.1. The molecule has 174 valence electrons. The Morgan fingerprint density at radius 3 is 2.30 bits per heavy atom. The number of piperazine rings is 1. The summed E-state index contributed by atoms with van der Waals surface area (Å²) in [6.45, 7) is 8.97. The van der Waals surface area contributed by atoms with Gasteiger partial charge in [-0.15, -0.1) is 0 Å². The number of aryl methyl sites for hydroxylation is 2. The second kappa shape index (κ2) is 10.7. The minimum absolute atomic E-state index is 0.0925. The summed E-state index contributed by atoms with van der Waals surface area (Å²) in [5, 5.41) is 0. The fraction of sp³-hybridized carbons (Fsp3) is 0.462. The van der Waals surface area contributed by atoms with Gasteiger partial charge in [-0.3, -0.25) is 19.5 Å². The van der Waals surface area contributed by atoms with Crippen LogP contribution in [0.5, 0.6) is 0 Å². The molecule has 2 aliphatic rings. The molecule has 2 amide bonds. The van der Waals surface area contributed by atoms with Gasteiger partial charge in [0, 0.05) is 51.7 Å². The van der Waals surface area contributed by atoms with Gasteiger partial charge in [-0.25, -0.2) is 4.98 Å². The zero-order valence-corrected chi connectivity index (χ0v) is 19.6. The Morgan fingerprint density at radius 1 is 0.970 bits per heavy atom. The first-order valence-corrected chi connectivity index (χ1v) is 11.8. The number of hydrogen-bond donors (Lipinski definition) is 0. The summed E-state index contributed by atoms with van der Waals surface area (Å²) in [4.78, 5) is 39.4. The lowest BCUT2D eigenvalue weighted by atomic mass is 9.94. The summed E-state index contributed by atoms with van der Waals surface area (Å²) in [6, 6.07) is 6.40. The maximum absolute atomic E-state index is 12.8. The molecular weight excluding hydrogens is 414 g/mol. The molecule has 3 heterocycles. The summed E-state index contributed by atoms with van der Waals surface area (Å²) >= 11 is 0. The van der Waals surface area contributed by atoms with E-state index in [9.17, 15) is 9.59 Å². The molecule has 0 radical (unpaired) electrons. The van der Waals surface area contributed by atoms with Gasteiger partial charge in [0.05, 0.1) is 12.7 Å². The Morgan fingerprint density at radius 2 is 1.67 bits per heavy atom. The highest BCUT2D eigenvalue weighted by Crippen LogP contribution is 2.22. The van der Waals surface area contributed by atoms with Crippen LogP contribution in [0.4, 0.5) is 0 Å². The summed E-state index contributed by atoms with van der Waals surface area (Å²) < 4.78 is 0. The van der Waals surface area contributed by atoms with Gasteiger partial charge in [0.25, 0.3) is 5.91 Å². The average molecular weight is 448 g/mol. The number of nitrogens with zero attached hydrogens (tertiary/aromatic N) is 5. The fourth-order valence-electron chi connectivity index (χ4n) is 4.64. The zero-order chi connectivity index (χ0) is 23.2. The Kier molecular flexibility index (Phi) is 7.50. The average Bonchev–Trinajstić information content (AvgIpc) is 2.84. The SMILES string of the molecule is Cc1cccc(C)c1/C=C/C1CCN(C(=O)CN2CCN(C(=O)c3cnccn3)CC2)CC1. The molecule has 2 aromatic rings. The zero-order valence-electron chi connectivity index (χ0n) is 19.6. The fourth-order valence-corrected chi connectivity index (χ4v) is 4.64. The summed E-state index contributed by atoms with van der Waals surface area (Å²) in [5.41, 5.74) is 4.29. The van der Waals surface area contributed by atoms with Crippen molar-refractivity contribution in [3.8, 4) is 0 Å². The first kappa shape index (κ1) is 23.1. The molecule has 1 aromatic heterocycles. The number of likely N-dealkylation sites (tertiary alicyclic amines) is 1. The van der Waals surface area contributed by atoms with E-state index >= 15 is 0 Å². The smallest absolute Gasteiger partial charge is 0.274 e. The van der Waals surface area contributed by atoms with Crippen LogP contribution in [0, 0.1) is 19.8 Å². The number of benzene rings is 1. The topological polar surface area (TPSA) is 69.6 Å². The van der Waals surface area contributed by atoms with Gasteiger partial charge >= 0.3 is 0 Å². The maximum Gasteiger partial charge on any atom is 0.274 e. The van der Waals surface area contributed by atoms with Crippen molar-refractivity contribution in [1.82, 2.24) is 24.7 Å². The minimum atomic E-state index is -0.0925. The van der Waals surface area contributed by atoms with Gasteiger partial charge in [-0.1, -0.05) is 30.4 Å². The molecule has 1 aromatic carbocycles. The van der Waals surface area contributed by atoms with Crippen molar-refractivity contribution in [2.24, 2.45) is 5.92 Å². The van der Waals surface area contributed by atoms with Gasteiger partial charge in [0.2, 0.25) is 5.91 Å². The molecule has 7 heteroatoms. The first-order valence-electron chi connectivity index (χ1n) is 11.8. The predicted octanol–water partition coefficient (Wildman–Crippen LogP) is 2.80. The van der Waals surface area contributed by atoms with E-state index in [0.29, 0.717) is 44.3 Å². The second-order valence-corrected chi connectivity index (χ2v) is 9.04. The highest BCUT2D eigenvalue weighted by atomic mass is 16.2. The van der Waals surface area contributed by atoms with Crippen LogP contribution < -0.4 is 0 Å². The Balaban J connectivity index is 1.21. The molecule has 0 N–H and O–H groups in total. The van der Waals surface area contributed by atoms with Crippen LogP contribution in [-0.2, 0) is 4.79 Å². The van der Waals surface area contributed by atoms with Crippen LogP contribution in [0.3, 0.4) is 0 Å². The number of allylic oxidation sites excluding steroid dienone is 1. The third kappa shape index (κ3) is 5.85. The van der Waals surface area contributed by atoms with Crippen molar-refractivity contribution < 1.29 is 9.59 Å². The highest BCUT2D eigenvalue weighted by molar-refractivity contribution is 5.92. The largest absolute Gasteiger partial charge is 0.342 e. The van der Waals surface area contributed by atoms with Crippen LogP contribution in [0.25, 0.3) is 6.08 Å². The lowest BCUT2D eigenvalue weighted by Gasteiger charge is -2.36. The molecule has 0 bridgehead atoms. The predicted molar refractivity (Wildman–Crippen MR) is 129 cm³/mol. The highest BCUT2D eigenvalue weighted by Gasteiger charge is 2.27. The van der Waals surface area contributed by atoms with Crippen molar-refractivity contribution in [2.45, 2.75) is 26.7 Å². The van der Waals surface area contributed by atoms with E-state index in [2.05, 4.69) is 59.1 Å². The van der Waals surface area contributed by atoms with Gasteiger partial charge in [-0.2, -0.15) is 0 Å². The summed E-state index contributed by atoms with van der Waals surface area (Å²) in [6.07, 6.45) is 11.2. The number of carbonyl (C=O) groups is 2. The number of hydrogen-bond acceptors (Lipinski definition) is 5. The van der Waals surface area contributed by atoms with E-state index in [1.54, 1.807) is 11.1 Å². The van der Waals surface area contributed by atoms with E-state index in [1.807, 2.05) is 4.90 Å². The van der Waals surface area contributed by atoms with Gasteiger partial charge < -0.3 is 9.80 Å². The summed E-state index contributed by atoms with van der Waals surface area (Å²) in [7, 11) is 0. The standard InChI is InChI=1S/C26H33N5O2/c1-20-4-3-5-21(2)23(20)7-6-22-8-12-30(13-9-22)25(32)19-29-14-16-31(17-15-29)26(33)24-18-27-10-11-28-24/h3-7,10-11,18,22H,8-9,12-17,19H2,1-2H3/b7-6+. The molecule has 0 spiro atoms. The van der Waals surface area contributed by atoms with Gasteiger partial charge in [0.15, 0.2) is 0 Å². The number of rotatable bonds is 5. The number of carbonyl (C=O) groups excluding carboxylic acids is 2. The molecule has 0 atom stereocenters. The first-order chi connectivity index (χ1) is 16.0. The molecule has 2 fully saturated rings. The third-order valence-corrected chi connectivity index (χ3v) is 6.77. The molecular formula is C26H33N5O2. The Hall–Kier alpha value is -3.06. The van der Waals surface area contributed by atoms with E-state index in [-0.39, 0.29) is 11.8 Å². The number of amides is 2. The Labute approximate surface area is 196 Å². The molecule has 33 heavy (non-hydrogen) atoms. The van der Waals surface area contributed by atoms with Crippen molar-refractivity contribution in [3.63, 3.8) is 0 Å². The summed E-state index contributed by atoms with van der Waals surface area (Å²) in [5.74, 6) is 0.620. The van der Waals surface area contributed by atoms with Crippen LogP contribution in [0.2, 0.25) is 0 Å². The van der Waals surface area contributed by atoms with Crippen LogP contribution in [-0.4, -0.2) is 82.3 Å². The van der Waals surface area contributed by atoms with Crippen LogP contribution >= 0.6 is 0 Å². The van der Waals surface area contributed by atoms with Crippen molar-refractivity contribution in [1.29, 1.82) is 0 Å². The molecule has 2 saturated heterocycles. The van der Waals surface area contributed by atoms with Crippen LogP contribution in [0.15, 0.2) is 42.9 Å². The lowest BCUT2D eigenvalue weighted by molar-refractivity contribution is -0.133. The van der Waals surface area contributed by atoms with E-state index < -0.39 is 0 Å². The second-order valence-electron chi connectivity index (χ2n) is 9.04. The number of piperidine rings is 1. The third-order valence-electron chi connectivity index (χ3n) is 6.77. The lowest BCUT2D eigenvalue weighted by Crippen LogP contribution is -2.52. The molecule has 2 aliphatic heterocycles.